The first-order valence-corrected chi connectivity index (χ1v) is 8.19. The zero-order valence-corrected chi connectivity index (χ0v) is 12.9. The van der Waals surface area contributed by atoms with Crippen molar-refractivity contribution in [1.29, 1.82) is 0 Å². The minimum absolute atomic E-state index is 0.0721. The number of aryl methyl sites for hydroxylation is 1. The highest BCUT2D eigenvalue weighted by Gasteiger charge is 2.20. The summed E-state index contributed by atoms with van der Waals surface area (Å²) in [5, 5.41) is 3.39. The third-order valence-corrected chi connectivity index (χ3v) is 4.41. The van der Waals surface area contributed by atoms with Crippen molar-refractivity contribution < 1.29 is 0 Å². The Bertz CT molecular complexity index is 662. The molecule has 0 unspecified atom stereocenters. The molecule has 1 aliphatic rings. The molecule has 110 valence electrons. The SMILES string of the molecule is Cc1ccc(SCc2nc(CNC3CC3)cc(=O)[nH]2)cc1. The predicted molar refractivity (Wildman–Crippen MR) is 85.5 cm³/mol. The van der Waals surface area contributed by atoms with Crippen LogP contribution in [0.4, 0.5) is 0 Å². The second-order valence-electron chi connectivity index (χ2n) is 5.44. The van der Waals surface area contributed by atoms with Crippen molar-refractivity contribution in [2.75, 3.05) is 0 Å². The molecule has 1 aliphatic carbocycles. The van der Waals surface area contributed by atoms with Crippen molar-refractivity contribution in [3.8, 4) is 0 Å². The second kappa shape index (κ2) is 6.45. The number of nitrogens with zero attached hydrogens (tertiary/aromatic N) is 1. The molecule has 0 atom stereocenters. The van der Waals surface area contributed by atoms with Gasteiger partial charge in [-0.2, -0.15) is 0 Å². The van der Waals surface area contributed by atoms with Crippen molar-refractivity contribution >= 4 is 11.8 Å². The van der Waals surface area contributed by atoms with Crippen molar-refractivity contribution in [2.45, 2.75) is 43.0 Å². The molecule has 3 rings (SSSR count). The lowest BCUT2D eigenvalue weighted by Crippen LogP contribution is -2.20. The molecule has 0 radical (unpaired) electrons. The quantitative estimate of drug-likeness (QED) is 0.805. The van der Waals surface area contributed by atoms with Crippen LogP contribution >= 0.6 is 11.8 Å². The van der Waals surface area contributed by atoms with Gasteiger partial charge in [0.1, 0.15) is 5.82 Å². The van der Waals surface area contributed by atoms with Crippen molar-refractivity contribution in [3.05, 3.63) is 57.8 Å². The van der Waals surface area contributed by atoms with Crippen molar-refractivity contribution in [3.63, 3.8) is 0 Å². The molecule has 2 aromatic rings. The first kappa shape index (κ1) is 14.4. The number of thioether (sulfide) groups is 1. The van der Waals surface area contributed by atoms with E-state index in [4.69, 9.17) is 0 Å². The maximum atomic E-state index is 11.7. The summed E-state index contributed by atoms with van der Waals surface area (Å²) in [6, 6.07) is 10.6. The van der Waals surface area contributed by atoms with Gasteiger partial charge in [0.2, 0.25) is 0 Å². The number of hydrogen-bond donors (Lipinski definition) is 2. The lowest BCUT2D eigenvalue weighted by Gasteiger charge is -2.05. The van der Waals surface area contributed by atoms with Crippen molar-refractivity contribution in [1.82, 2.24) is 15.3 Å². The Morgan fingerprint density at radius 2 is 2.10 bits per heavy atom. The van der Waals surface area contributed by atoms with Crippen molar-refractivity contribution in [2.24, 2.45) is 0 Å². The number of benzene rings is 1. The largest absolute Gasteiger partial charge is 0.310 e. The first-order valence-electron chi connectivity index (χ1n) is 7.21. The van der Waals surface area contributed by atoms with E-state index in [2.05, 4.69) is 46.5 Å². The lowest BCUT2D eigenvalue weighted by atomic mass is 10.2. The van der Waals surface area contributed by atoms with Crippen LogP contribution < -0.4 is 10.9 Å². The predicted octanol–water partition coefficient (Wildman–Crippen LogP) is 2.62. The van der Waals surface area contributed by atoms with Gasteiger partial charge in [0.05, 0.1) is 11.4 Å². The van der Waals surface area contributed by atoms with Gasteiger partial charge in [-0.15, -0.1) is 11.8 Å². The van der Waals surface area contributed by atoms with E-state index >= 15 is 0 Å². The average Bonchev–Trinajstić information content (AvgIpc) is 3.28. The molecule has 1 saturated carbocycles. The van der Waals surface area contributed by atoms with Gasteiger partial charge in [-0.05, 0) is 31.9 Å². The third-order valence-electron chi connectivity index (χ3n) is 3.39. The molecule has 1 aromatic heterocycles. The highest BCUT2D eigenvalue weighted by molar-refractivity contribution is 7.98. The topological polar surface area (TPSA) is 57.8 Å². The van der Waals surface area contributed by atoms with E-state index in [1.54, 1.807) is 17.8 Å². The molecule has 0 saturated heterocycles. The van der Waals surface area contributed by atoms with E-state index in [9.17, 15) is 4.79 Å². The molecule has 0 spiro atoms. The number of aromatic amines is 1. The summed E-state index contributed by atoms with van der Waals surface area (Å²) in [4.78, 5) is 20.2. The molecule has 1 heterocycles. The summed E-state index contributed by atoms with van der Waals surface area (Å²) in [7, 11) is 0. The second-order valence-corrected chi connectivity index (χ2v) is 6.49. The fourth-order valence-corrected chi connectivity index (χ4v) is 2.81. The molecule has 1 fully saturated rings. The lowest BCUT2D eigenvalue weighted by molar-refractivity contribution is 0.668. The highest BCUT2D eigenvalue weighted by Crippen LogP contribution is 2.21. The Labute approximate surface area is 128 Å². The van der Waals surface area contributed by atoms with E-state index in [1.165, 1.54) is 23.3 Å². The Morgan fingerprint density at radius 3 is 2.81 bits per heavy atom. The Hall–Kier alpha value is -1.59. The van der Waals surface area contributed by atoms with E-state index in [0.717, 1.165) is 11.5 Å². The van der Waals surface area contributed by atoms with Crippen LogP contribution in [0.15, 0.2) is 40.0 Å². The molecule has 4 nitrogen and oxygen atoms in total. The van der Waals surface area contributed by atoms with Gasteiger partial charge in [-0.25, -0.2) is 4.98 Å². The van der Waals surface area contributed by atoms with E-state index in [-0.39, 0.29) is 5.56 Å². The van der Waals surface area contributed by atoms with E-state index in [1.807, 2.05) is 0 Å². The van der Waals surface area contributed by atoms with Crippen LogP contribution in [0.1, 0.15) is 29.9 Å². The molecule has 5 heteroatoms. The number of aromatic nitrogens is 2. The maximum Gasteiger partial charge on any atom is 0.251 e. The molecular weight excluding hydrogens is 282 g/mol. The van der Waals surface area contributed by atoms with Gasteiger partial charge in [0.15, 0.2) is 0 Å². The molecule has 1 aromatic carbocycles. The van der Waals surface area contributed by atoms with Gasteiger partial charge in [-0.1, -0.05) is 17.7 Å². The highest BCUT2D eigenvalue weighted by atomic mass is 32.2. The van der Waals surface area contributed by atoms with Crippen LogP contribution in [-0.4, -0.2) is 16.0 Å². The fourth-order valence-electron chi connectivity index (χ4n) is 2.04. The van der Waals surface area contributed by atoms with Crippen LogP contribution in [0.25, 0.3) is 0 Å². The minimum Gasteiger partial charge on any atom is -0.310 e. The smallest absolute Gasteiger partial charge is 0.251 e. The molecule has 0 amide bonds. The Morgan fingerprint density at radius 1 is 1.33 bits per heavy atom. The molecule has 21 heavy (non-hydrogen) atoms. The van der Waals surface area contributed by atoms with Gasteiger partial charge in [-0.3, -0.25) is 4.79 Å². The van der Waals surface area contributed by atoms with Crippen LogP contribution in [-0.2, 0) is 12.3 Å². The Kier molecular flexibility index (Phi) is 4.41. The fraction of sp³-hybridized carbons (Fsp3) is 0.375. The van der Waals surface area contributed by atoms with E-state index in [0.29, 0.717) is 18.3 Å². The van der Waals surface area contributed by atoms with Gasteiger partial charge < -0.3 is 10.3 Å². The summed E-state index contributed by atoms with van der Waals surface area (Å²) < 4.78 is 0. The van der Waals surface area contributed by atoms with Gasteiger partial charge in [0.25, 0.3) is 5.56 Å². The first-order chi connectivity index (χ1) is 10.2. The number of rotatable bonds is 6. The zero-order chi connectivity index (χ0) is 14.7. The van der Waals surface area contributed by atoms with Crippen LogP contribution in [0.2, 0.25) is 0 Å². The molecular formula is C16H19N3OS. The summed E-state index contributed by atoms with van der Waals surface area (Å²) in [5.74, 6) is 1.41. The molecule has 0 aliphatic heterocycles. The maximum absolute atomic E-state index is 11.7. The van der Waals surface area contributed by atoms with Crippen LogP contribution in [0, 0.1) is 6.92 Å². The monoisotopic (exact) mass is 301 g/mol. The summed E-state index contributed by atoms with van der Waals surface area (Å²) in [6.07, 6.45) is 2.47. The molecule has 2 N–H and O–H groups in total. The standard InChI is InChI=1S/C16H19N3OS/c1-11-2-6-14(7-3-11)21-10-15-18-13(8-16(20)19-15)9-17-12-4-5-12/h2-3,6-8,12,17H,4-5,9-10H2,1H3,(H,18,19,20). The van der Waals surface area contributed by atoms with Crippen LogP contribution in [0.3, 0.4) is 0 Å². The third kappa shape index (κ3) is 4.44. The average molecular weight is 301 g/mol. The van der Waals surface area contributed by atoms with E-state index < -0.39 is 0 Å². The van der Waals surface area contributed by atoms with Gasteiger partial charge in [0, 0.05) is 23.5 Å². The summed E-state index contributed by atoms with van der Waals surface area (Å²) >= 11 is 1.68. The zero-order valence-electron chi connectivity index (χ0n) is 12.1. The van der Waals surface area contributed by atoms with Gasteiger partial charge >= 0.3 is 0 Å². The molecule has 0 bridgehead atoms. The Balaban J connectivity index is 1.63. The minimum atomic E-state index is -0.0721. The summed E-state index contributed by atoms with van der Waals surface area (Å²) in [5.41, 5.74) is 2.00. The number of nitrogens with one attached hydrogen (secondary N) is 2. The summed E-state index contributed by atoms with van der Waals surface area (Å²) in [6.45, 7) is 2.75. The number of H-pyrrole nitrogens is 1. The van der Waals surface area contributed by atoms with Crippen LogP contribution in [0.5, 0.6) is 0 Å². The number of hydrogen-bond acceptors (Lipinski definition) is 4. The normalized spacial score (nSPS) is 14.3.